The number of guanidine groups is 1. The van der Waals surface area contributed by atoms with E-state index in [1.165, 1.54) is 18.7 Å². The molecule has 0 spiro atoms. The van der Waals surface area contributed by atoms with E-state index in [4.69, 9.17) is 22.9 Å². The van der Waals surface area contributed by atoms with Gasteiger partial charge in [0.05, 0.1) is 30.8 Å². The molecule has 0 unspecified atom stereocenters. The zero-order valence-electron chi connectivity index (χ0n) is 56.6. The van der Waals surface area contributed by atoms with Crippen LogP contribution in [0, 0.1) is 11.8 Å². The molecule has 99 heavy (non-hydrogen) atoms. The number of nitrogens with one attached hydrogen (secondary N) is 10. The first-order valence-corrected chi connectivity index (χ1v) is 33.4. The molecule has 1 saturated heterocycles. The number of aliphatic imine (C=N–C) groups is 1. The Bertz CT molecular complexity index is 2860. The van der Waals surface area contributed by atoms with Gasteiger partial charge in [0.1, 0.15) is 66.5 Å². The minimum Gasteiger partial charge on any atom is -0.481 e. The van der Waals surface area contributed by atoms with Gasteiger partial charge in [-0.25, -0.2) is 4.79 Å². The molecule has 1 aliphatic rings. The standard InChI is InChI=1S/C59H100N16O23S/c1-9-27(4)43(53(92)70-37(58(97)98)25-39(61)79)71-55(94)46(30(7)78)73-52(91)38-13-11-22-75(38)57(96)35(16-19-42(84)85)68-51(90)36(24-26(2)3)69-49(88)33(14-17-40(80)81)66-48(87)32(12-10-21-64-59(62)63)67-54(93)44(28(5)76)74-56(95)45(29(6)77)72-50(89)34(15-18-41(82)83)65-47(86)31(60)20-23-99-8/h26-38,43-46,76-78H,9-25,60H2,1-8H3,(H2,61,79)(H,65,86)(H,66,87)(H,67,93)(H,68,90)(H,69,88)(H,70,92)(H,71,94)(H,72,89)(H,73,91)(H,74,95)(H,80,81)(H,82,83)(H,84,85)(H,97,98)(H4,62,63,64)/t27-,28+,29+,30+,31-,32-,33-,34-,35-,36-,37-,38-,43-,44-,45-,46-/m0/s1. The molecule has 0 aromatic rings. The number of carbonyl (C=O) groups is 16. The molecule has 1 rings (SSSR count). The molecular weight excluding hydrogens is 1330 g/mol. The maximum Gasteiger partial charge on any atom is 0.326 e. The van der Waals surface area contributed by atoms with Crippen LogP contribution in [0.3, 0.4) is 0 Å². The number of thioether (sulfide) groups is 1. The summed E-state index contributed by atoms with van der Waals surface area (Å²) in [6, 6.07) is -20.2. The van der Waals surface area contributed by atoms with Gasteiger partial charge in [-0.3, -0.25) is 76.9 Å². The molecule has 560 valence electrons. The monoisotopic (exact) mass is 1430 g/mol. The van der Waals surface area contributed by atoms with Crippen LogP contribution in [-0.4, -0.2) is 257 Å². The Balaban J connectivity index is 3.67. The number of aliphatic carboxylic acids is 4. The number of hydrogen-bond acceptors (Lipinski definition) is 22. The van der Waals surface area contributed by atoms with Crippen molar-refractivity contribution in [2.24, 2.45) is 39.8 Å². The van der Waals surface area contributed by atoms with Crippen molar-refractivity contribution < 1.29 is 112 Å². The molecule has 39 nitrogen and oxygen atoms in total. The number of primary amides is 1. The smallest absolute Gasteiger partial charge is 0.326 e. The number of nitrogens with two attached hydrogens (primary N) is 4. The first-order chi connectivity index (χ1) is 46.2. The minimum atomic E-state index is -2.01. The summed E-state index contributed by atoms with van der Waals surface area (Å²) < 4.78 is 0. The normalized spacial score (nSPS) is 17.3. The maximum absolute atomic E-state index is 14.5. The molecule has 1 aliphatic heterocycles. The van der Waals surface area contributed by atoms with Crippen LogP contribution >= 0.6 is 11.8 Å². The van der Waals surface area contributed by atoms with E-state index in [-0.39, 0.29) is 64.0 Å². The fourth-order valence-corrected chi connectivity index (χ4v) is 10.4. The van der Waals surface area contributed by atoms with Gasteiger partial charge < -0.3 is 117 Å². The van der Waals surface area contributed by atoms with E-state index in [1.54, 1.807) is 27.0 Å². The minimum absolute atomic E-state index is 0.0707. The number of aliphatic hydroxyl groups is 3. The van der Waals surface area contributed by atoms with E-state index >= 15 is 0 Å². The number of carboxylic acids is 4. The van der Waals surface area contributed by atoms with E-state index < -0.39 is 242 Å². The van der Waals surface area contributed by atoms with Crippen LogP contribution in [0.4, 0.5) is 0 Å². The Morgan fingerprint density at radius 1 is 0.505 bits per heavy atom. The van der Waals surface area contributed by atoms with Gasteiger partial charge in [-0.2, -0.15) is 11.8 Å². The molecule has 25 N–H and O–H groups in total. The first kappa shape index (κ1) is 88.0. The van der Waals surface area contributed by atoms with Gasteiger partial charge in [-0.1, -0.05) is 34.1 Å². The van der Waals surface area contributed by atoms with Crippen molar-refractivity contribution >= 4 is 112 Å². The van der Waals surface area contributed by atoms with Gasteiger partial charge in [0.15, 0.2) is 5.96 Å². The molecule has 1 heterocycles. The summed E-state index contributed by atoms with van der Waals surface area (Å²) in [6.07, 6.45) is -8.54. The Morgan fingerprint density at radius 2 is 0.899 bits per heavy atom. The second-order valence-corrected chi connectivity index (χ2v) is 25.4. The lowest BCUT2D eigenvalue weighted by Crippen LogP contribution is -2.63. The summed E-state index contributed by atoms with van der Waals surface area (Å²) in [5.74, 6) is -20.3. The zero-order valence-corrected chi connectivity index (χ0v) is 57.4. The predicted octanol–water partition coefficient (Wildman–Crippen LogP) is -7.25. The van der Waals surface area contributed by atoms with Gasteiger partial charge in [0, 0.05) is 32.4 Å². The van der Waals surface area contributed by atoms with Crippen molar-refractivity contribution in [2.45, 2.75) is 229 Å². The molecule has 0 aromatic carbocycles. The van der Waals surface area contributed by atoms with Crippen LogP contribution < -0.4 is 76.1 Å². The number of hydrogen-bond donors (Lipinski definition) is 21. The van der Waals surface area contributed by atoms with Crippen LogP contribution in [0.2, 0.25) is 0 Å². The molecule has 0 bridgehead atoms. The fourth-order valence-electron chi connectivity index (χ4n) is 9.88. The third-order valence-corrected chi connectivity index (χ3v) is 16.2. The third-order valence-electron chi connectivity index (χ3n) is 15.5. The maximum atomic E-state index is 14.5. The van der Waals surface area contributed by atoms with Crippen molar-refractivity contribution in [3.8, 4) is 0 Å². The van der Waals surface area contributed by atoms with E-state index in [0.29, 0.717) is 5.75 Å². The summed E-state index contributed by atoms with van der Waals surface area (Å²) >= 11 is 1.38. The van der Waals surface area contributed by atoms with Crippen LogP contribution in [0.5, 0.6) is 0 Å². The number of likely N-dealkylation sites (tertiary alicyclic amines) is 1. The number of rotatable bonds is 47. The number of amides is 12. The lowest BCUT2D eigenvalue weighted by Gasteiger charge is -2.32. The molecule has 0 aliphatic carbocycles. The third kappa shape index (κ3) is 32.0. The Morgan fingerprint density at radius 3 is 1.35 bits per heavy atom. The molecule has 0 aromatic heterocycles. The number of nitrogens with zero attached hydrogens (tertiary/aromatic N) is 2. The van der Waals surface area contributed by atoms with E-state index in [9.17, 15) is 112 Å². The highest BCUT2D eigenvalue weighted by atomic mass is 32.2. The summed E-state index contributed by atoms with van der Waals surface area (Å²) in [6.45, 7) is 9.26. The highest BCUT2D eigenvalue weighted by molar-refractivity contribution is 7.98. The summed E-state index contributed by atoms with van der Waals surface area (Å²) in [7, 11) is 0. The highest BCUT2D eigenvalue weighted by Gasteiger charge is 2.43. The number of carboxylic acid groups (broad SMARTS) is 4. The summed E-state index contributed by atoms with van der Waals surface area (Å²) in [5, 5.41) is 93.9. The van der Waals surface area contributed by atoms with E-state index in [0.717, 1.165) is 25.7 Å². The van der Waals surface area contributed by atoms with Crippen LogP contribution in [0.15, 0.2) is 4.99 Å². The predicted molar refractivity (Wildman–Crippen MR) is 351 cm³/mol. The Hall–Kier alpha value is -9.02. The first-order valence-electron chi connectivity index (χ1n) is 32.0. The van der Waals surface area contributed by atoms with Crippen molar-refractivity contribution in [2.75, 3.05) is 25.1 Å². The van der Waals surface area contributed by atoms with Gasteiger partial charge in [0.25, 0.3) is 0 Å². The average molecular weight is 1430 g/mol. The van der Waals surface area contributed by atoms with Gasteiger partial charge >= 0.3 is 23.9 Å². The van der Waals surface area contributed by atoms with Crippen molar-refractivity contribution in [1.29, 1.82) is 0 Å². The molecule has 12 amide bonds. The van der Waals surface area contributed by atoms with Gasteiger partial charge in [-0.05, 0) is 102 Å². The van der Waals surface area contributed by atoms with Crippen molar-refractivity contribution in [3.63, 3.8) is 0 Å². The van der Waals surface area contributed by atoms with Crippen LogP contribution in [-0.2, 0) is 76.7 Å². The Labute approximate surface area is 575 Å². The average Bonchev–Trinajstić information content (AvgIpc) is 1.77. The quantitative estimate of drug-likeness (QED) is 0.0153. The summed E-state index contributed by atoms with van der Waals surface area (Å²) in [4.78, 5) is 217. The van der Waals surface area contributed by atoms with E-state index in [1.807, 2.05) is 0 Å². The van der Waals surface area contributed by atoms with Crippen molar-refractivity contribution in [3.05, 3.63) is 0 Å². The lowest BCUT2D eigenvalue weighted by molar-refractivity contribution is -0.144. The second kappa shape index (κ2) is 44.1. The molecule has 0 radical (unpaired) electrons. The lowest BCUT2D eigenvalue weighted by atomic mass is 9.97. The molecule has 16 atom stereocenters. The van der Waals surface area contributed by atoms with E-state index in [2.05, 4.69) is 58.2 Å². The largest absolute Gasteiger partial charge is 0.481 e. The molecule has 40 heteroatoms. The summed E-state index contributed by atoms with van der Waals surface area (Å²) in [5.41, 5.74) is 22.0. The van der Waals surface area contributed by atoms with Gasteiger partial charge in [-0.15, -0.1) is 0 Å². The zero-order chi connectivity index (χ0) is 75.7. The SMILES string of the molecule is CC[C@H](C)[C@H](NC(=O)[C@@H](NC(=O)[C@@H]1CCCN1C(=O)[C@H](CCC(=O)O)NC(=O)[C@H](CC(C)C)NC(=O)[C@H](CCC(=O)O)NC(=O)[C@H](CCCN=C(N)N)NC(=O)[C@@H](NC(=O)[C@@H](NC(=O)[C@H](CCC(=O)O)NC(=O)[C@@H](N)CCSC)[C@@H](C)O)[C@@H](C)O)[C@@H](C)O)C(=O)N[C@@H](CC(N)=O)C(=O)O. The van der Waals surface area contributed by atoms with Crippen molar-refractivity contribution in [1.82, 2.24) is 58.1 Å². The Kier molecular flexibility index (Phi) is 39.2. The topological polar surface area (TPSA) is 655 Å². The number of carbonyl (C=O) groups excluding carboxylic acids is 12. The number of aliphatic hydroxyl groups excluding tert-OH is 3. The fraction of sp³-hybridized carbons (Fsp3) is 0.712. The molecule has 1 fully saturated rings. The van der Waals surface area contributed by atoms with Crippen LogP contribution in [0.25, 0.3) is 0 Å². The second-order valence-electron chi connectivity index (χ2n) is 24.4. The molecule has 0 saturated carbocycles. The molecular formula is C59H100N16O23S. The van der Waals surface area contributed by atoms with Crippen LogP contribution in [0.1, 0.15) is 138 Å². The highest BCUT2D eigenvalue weighted by Crippen LogP contribution is 2.22. The van der Waals surface area contributed by atoms with Gasteiger partial charge in [0.2, 0.25) is 70.9 Å².